The molecule has 5 nitrogen and oxygen atoms in total. The largest absolute Gasteiger partial charge is 0.378 e. The summed E-state index contributed by atoms with van der Waals surface area (Å²) < 4.78 is 7.46. The average molecular weight is 483 g/mol. The second-order valence-electron chi connectivity index (χ2n) is 8.79. The van der Waals surface area contributed by atoms with Crippen LogP contribution in [0.1, 0.15) is 23.6 Å². The normalized spacial score (nSPS) is 15.0. The summed E-state index contributed by atoms with van der Waals surface area (Å²) >= 11 is 1.61. The Balaban J connectivity index is 1.55. The molecule has 4 aromatic rings. The zero-order chi connectivity index (χ0) is 24.2. The molecule has 1 fully saturated rings. The van der Waals surface area contributed by atoms with Gasteiger partial charge in [-0.3, -0.25) is 0 Å². The summed E-state index contributed by atoms with van der Waals surface area (Å²) in [6.45, 7) is 9.78. The Morgan fingerprint density at radius 3 is 2.34 bits per heavy atom. The molecule has 0 aliphatic carbocycles. The number of rotatable bonds is 5. The van der Waals surface area contributed by atoms with Gasteiger partial charge in [0, 0.05) is 29.7 Å². The van der Waals surface area contributed by atoms with Crippen LogP contribution in [0.4, 0.5) is 11.4 Å². The third kappa shape index (κ3) is 5.29. The number of hydrogen-bond donors (Lipinski definition) is 0. The molecular formula is C29H30N4OS. The van der Waals surface area contributed by atoms with Crippen molar-refractivity contribution < 1.29 is 4.74 Å². The Kier molecular flexibility index (Phi) is 6.93. The van der Waals surface area contributed by atoms with Crippen molar-refractivity contribution in [2.75, 3.05) is 31.2 Å². The topological polar surface area (TPSA) is 42.1 Å². The molecule has 5 rings (SSSR count). The first-order chi connectivity index (χ1) is 17.1. The van der Waals surface area contributed by atoms with Gasteiger partial charge >= 0.3 is 0 Å². The molecule has 0 amide bonds. The molecule has 0 spiro atoms. The highest BCUT2D eigenvalue weighted by Crippen LogP contribution is 2.24. The van der Waals surface area contributed by atoms with Crippen LogP contribution in [-0.2, 0) is 4.74 Å². The number of hydrogen-bond acceptors (Lipinski definition) is 5. The highest BCUT2D eigenvalue weighted by molar-refractivity contribution is 7.07. The summed E-state index contributed by atoms with van der Waals surface area (Å²) in [5, 5.41) is 7.22. The fourth-order valence-corrected chi connectivity index (χ4v) is 4.98. The van der Waals surface area contributed by atoms with Gasteiger partial charge in [0.15, 0.2) is 0 Å². The molecule has 0 bridgehead atoms. The van der Waals surface area contributed by atoms with Gasteiger partial charge in [-0.05, 0) is 67.8 Å². The van der Waals surface area contributed by atoms with Crippen LogP contribution in [0.2, 0.25) is 0 Å². The van der Waals surface area contributed by atoms with Crippen molar-refractivity contribution in [2.24, 2.45) is 10.1 Å². The second kappa shape index (κ2) is 10.4. The van der Waals surface area contributed by atoms with Crippen LogP contribution in [-0.4, -0.2) is 36.7 Å². The fourth-order valence-electron chi connectivity index (χ4n) is 4.13. The Hall–Kier alpha value is -3.48. The summed E-state index contributed by atoms with van der Waals surface area (Å²) in [4.78, 5) is 8.11. The molecule has 2 heterocycles. The average Bonchev–Trinajstić information content (AvgIpc) is 3.28. The van der Waals surface area contributed by atoms with E-state index in [1.807, 2.05) is 35.0 Å². The molecule has 1 aliphatic heterocycles. The zero-order valence-corrected chi connectivity index (χ0v) is 21.3. The highest BCUT2D eigenvalue weighted by Gasteiger charge is 2.13. The van der Waals surface area contributed by atoms with Crippen molar-refractivity contribution >= 4 is 28.4 Å². The van der Waals surface area contributed by atoms with E-state index in [4.69, 9.17) is 14.8 Å². The van der Waals surface area contributed by atoms with Crippen molar-refractivity contribution in [3.8, 4) is 11.3 Å². The molecule has 1 aromatic heterocycles. The standard InChI is InChI=1S/C29H30N4OS/c1-21-9-10-25(19-22(21)2)28-20-35-29(30-26-7-5-4-6-8-26)33(28)31-23(3)24-11-13-27(14-12-24)32-15-17-34-18-16-32/h4-14,19-20H,15-18H2,1-3H3. The van der Waals surface area contributed by atoms with Gasteiger partial charge in [0.25, 0.3) is 0 Å². The molecule has 178 valence electrons. The summed E-state index contributed by atoms with van der Waals surface area (Å²) in [6, 6.07) is 25.3. The first-order valence-corrected chi connectivity index (χ1v) is 12.8. The highest BCUT2D eigenvalue weighted by atomic mass is 32.1. The van der Waals surface area contributed by atoms with Gasteiger partial charge in [-0.1, -0.05) is 42.5 Å². The van der Waals surface area contributed by atoms with Crippen molar-refractivity contribution in [1.29, 1.82) is 0 Å². The number of aromatic nitrogens is 1. The Bertz CT molecular complexity index is 1390. The van der Waals surface area contributed by atoms with E-state index in [0.29, 0.717) is 0 Å². The number of anilines is 1. The van der Waals surface area contributed by atoms with Crippen LogP contribution in [0.5, 0.6) is 0 Å². The number of aryl methyl sites for hydroxylation is 2. The number of thiazole rings is 1. The third-order valence-electron chi connectivity index (χ3n) is 6.38. The van der Waals surface area contributed by atoms with Crippen LogP contribution in [0.25, 0.3) is 11.3 Å². The van der Waals surface area contributed by atoms with Crippen LogP contribution < -0.4 is 9.70 Å². The quantitative estimate of drug-likeness (QED) is 0.319. The monoisotopic (exact) mass is 482 g/mol. The van der Waals surface area contributed by atoms with E-state index in [1.165, 1.54) is 16.8 Å². The van der Waals surface area contributed by atoms with Crippen LogP contribution in [0.3, 0.4) is 0 Å². The van der Waals surface area contributed by atoms with E-state index < -0.39 is 0 Å². The first kappa shape index (κ1) is 23.3. The first-order valence-electron chi connectivity index (χ1n) is 12.0. The predicted octanol–water partition coefficient (Wildman–Crippen LogP) is 6.17. The fraction of sp³-hybridized carbons (Fsp3) is 0.241. The van der Waals surface area contributed by atoms with Crippen LogP contribution in [0.15, 0.2) is 88.3 Å². The minimum Gasteiger partial charge on any atom is -0.378 e. The van der Waals surface area contributed by atoms with E-state index in [2.05, 4.69) is 73.5 Å². The SMILES string of the molecule is CC(=Nn1c(-c2ccc(C)c(C)c2)csc1=Nc1ccccc1)c1ccc(N2CCOCC2)cc1. The second-order valence-corrected chi connectivity index (χ2v) is 9.63. The van der Waals surface area contributed by atoms with Gasteiger partial charge in [0.1, 0.15) is 0 Å². The molecule has 0 radical (unpaired) electrons. The molecule has 6 heteroatoms. The van der Waals surface area contributed by atoms with Crippen molar-refractivity contribution in [3.05, 3.63) is 99.7 Å². The minimum atomic E-state index is 0.784. The Labute approximate surface area is 210 Å². The molecule has 0 atom stereocenters. The van der Waals surface area contributed by atoms with Crippen molar-refractivity contribution in [1.82, 2.24) is 4.68 Å². The van der Waals surface area contributed by atoms with E-state index >= 15 is 0 Å². The van der Waals surface area contributed by atoms with Gasteiger partial charge in [-0.2, -0.15) is 5.10 Å². The van der Waals surface area contributed by atoms with Gasteiger partial charge in [0.2, 0.25) is 4.80 Å². The Morgan fingerprint density at radius 2 is 1.63 bits per heavy atom. The summed E-state index contributed by atoms with van der Waals surface area (Å²) in [5.41, 5.74) is 8.90. The van der Waals surface area contributed by atoms with Gasteiger partial charge < -0.3 is 9.64 Å². The Morgan fingerprint density at radius 1 is 0.886 bits per heavy atom. The molecule has 35 heavy (non-hydrogen) atoms. The lowest BCUT2D eigenvalue weighted by Gasteiger charge is -2.28. The molecule has 1 saturated heterocycles. The van der Waals surface area contributed by atoms with E-state index in [-0.39, 0.29) is 0 Å². The van der Waals surface area contributed by atoms with E-state index in [0.717, 1.165) is 59.3 Å². The number of ether oxygens (including phenoxy) is 1. The molecule has 0 saturated carbocycles. The van der Waals surface area contributed by atoms with Crippen LogP contribution in [0, 0.1) is 13.8 Å². The summed E-state index contributed by atoms with van der Waals surface area (Å²) in [5.74, 6) is 0. The van der Waals surface area contributed by atoms with E-state index in [1.54, 1.807) is 11.3 Å². The molecule has 0 unspecified atom stereocenters. The molecule has 1 aliphatic rings. The van der Waals surface area contributed by atoms with Gasteiger partial charge in [-0.15, -0.1) is 11.3 Å². The maximum absolute atomic E-state index is 5.49. The van der Waals surface area contributed by atoms with E-state index in [9.17, 15) is 0 Å². The third-order valence-corrected chi connectivity index (χ3v) is 7.20. The number of nitrogens with zero attached hydrogens (tertiary/aromatic N) is 4. The summed E-state index contributed by atoms with van der Waals surface area (Å²) in [7, 11) is 0. The lowest BCUT2D eigenvalue weighted by Crippen LogP contribution is -2.36. The zero-order valence-electron chi connectivity index (χ0n) is 20.4. The number of para-hydroxylation sites is 1. The van der Waals surface area contributed by atoms with Gasteiger partial charge in [0.05, 0.1) is 30.3 Å². The van der Waals surface area contributed by atoms with Crippen molar-refractivity contribution in [3.63, 3.8) is 0 Å². The smallest absolute Gasteiger partial charge is 0.211 e. The maximum atomic E-state index is 5.49. The number of benzene rings is 3. The number of morpholine rings is 1. The lowest BCUT2D eigenvalue weighted by atomic mass is 10.1. The minimum absolute atomic E-state index is 0.784. The predicted molar refractivity (Wildman–Crippen MR) is 146 cm³/mol. The lowest BCUT2D eigenvalue weighted by molar-refractivity contribution is 0.122. The van der Waals surface area contributed by atoms with Crippen molar-refractivity contribution in [2.45, 2.75) is 20.8 Å². The maximum Gasteiger partial charge on any atom is 0.211 e. The summed E-state index contributed by atoms with van der Waals surface area (Å²) in [6.07, 6.45) is 0. The molecule has 0 N–H and O–H groups in total. The molecular weight excluding hydrogens is 452 g/mol. The molecule has 3 aromatic carbocycles. The van der Waals surface area contributed by atoms with Gasteiger partial charge in [-0.25, -0.2) is 9.67 Å². The van der Waals surface area contributed by atoms with Crippen LogP contribution >= 0.6 is 11.3 Å².